The largest absolute Gasteiger partial charge is 0.327 e. The third-order valence-electron chi connectivity index (χ3n) is 2.43. The second-order valence-electron chi connectivity index (χ2n) is 5.17. The van der Waals surface area contributed by atoms with Crippen molar-refractivity contribution < 1.29 is 4.79 Å². The van der Waals surface area contributed by atoms with E-state index in [0.29, 0.717) is 6.42 Å². The zero-order chi connectivity index (χ0) is 13.7. The van der Waals surface area contributed by atoms with E-state index >= 15 is 0 Å². The summed E-state index contributed by atoms with van der Waals surface area (Å²) >= 11 is 0. The van der Waals surface area contributed by atoms with Crippen molar-refractivity contribution in [2.24, 2.45) is 5.73 Å². The number of aryl methyl sites for hydroxylation is 1. The predicted molar refractivity (Wildman–Crippen MR) is 75.5 cm³/mol. The first-order chi connectivity index (χ1) is 8.36. The predicted octanol–water partition coefficient (Wildman–Crippen LogP) is 1.73. The molecule has 1 rings (SSSR count). The first kappa shape index (κ1) is 14.7. The van der Waals surface area contributed by atoms with Crippen LogP contribution in [0.15, 0.2) is 18.2 Å². The van der Waals surface area contributed by atoms with Gasteiger partial charge in [-0.2, -0.15) is 0 Å². The van der Waals surface area contributed by atoms with Gasteiger partial charge in [-0.25, -0.2) is 0 Å². The molecular weight excluding hydrogens is 226 g/mol. The Morgan fingerprint density at radius 1 is 1.39 bits per heavy atom. The fourth-order valence-electron chi connectivity index (χ4n) is 1.90. The van der Waals surface area contributed by atoms with Gasteiger partial charge in [0, 0.05) is 24.7 Å². The van der Waals surface area contributed by atoms with Crippen molar-refractivity contribution in [3.8, 4) is 0 Å². The summed E-state index contributed by atoms with van der Waals surface area (Å²) in [6, 6.07) is 5.99. The zero-order valence-electron chi connectivity index (χ0n) is 11.7. The van der Waals surface area contributed by atoms with Gasteiger partial charge in [0.15, 0.2) is 0 Å². The number of carbonyl (C=O) groups is 1. The molecule has 0 aromatic heterocycles. The summed E-state index contributed by atoms with van der Waals surface area (Å²) in [5.74, 6) is -0.0357. The molecule has 0 aliphatic heterocycles. The van der Waals surface area contributed by atoms with E-state index < -0.39 is 0 Å². The van der Waals surface area contributed by atoms with Crippen LogP contribution >= 0.6 is 0 Å². The highest BCUT2D eigenvalue weighted by Crippen LogP contribution is 2.16. The number of rotatable bonds is 5. The van der Waals surface area contributed by atoms with Crippen LogP contribution in [-0.4, -0.2) is 30.9 Å². The van der Waals surface area contributed by atoms with Gasteiger partial charge in [-0.15, -0.1) is 0 Å². The van der Waals surface area contributed by atoms with Crippen LogP contribution in [-0.2, 0) is 11.3 Å². The Morgan fingerprint density at radius 2 is 2.06 bits per heavy atom. The van der Waals surface area contributed by atoms with Gasteiger partial charge in [0.2, 0.25) is 5.91 Å². The molecule has 0 aliphatic carbocycles. The highest BCUT2D eigenvalue weighted by Gasteiger charge is 2.07. The second-order valence-corrected chi connectivity index (χ2v) is 5.17. The molecule has 1 atom stereocenters. The van der Waals surface area contributed by atoms with Gasteiger partial charge in [-0.05, 0) is 51.2 Å². The van der Waals surface area contributed by atoms with E-state index in [4.69, 9.17) is 5.73 Å². The number of hydrogen-bond donors (Lipinski definition) is 2. The van der Waals surface area contributed by atoms with Crippen molar-refractivity contribution in [2.45, 2.75) is 32.9 Å². The van der Waals surface area contributed by atoms with Crippen LogP contribution in [0.25, 0.3) is 0 Å². The first-order valence-corrected chi connectivity index (χ1v) is 6.17. The maximum Gasteiger partial charge on any atom is 0.225 e. The molecule has 3 N–H and O–H groups in total. The number of benzene rings is 1. The van der Waals surface area contributed by atoms with Crippen LogP contribution in [0.4, 0.5) is 5.69 Å². The molecular formula is C14H23N3O. The molecule has 0 radical (unpaired) electrons. The number of nitrogens with zero attached hydrogens (tertiary/aromatic N) is 1. The molecule has 0 bridgehead atoms. The molecule has 1 amide bonds. The summed E-state index contributed by atoms with van der Waals surface area (Å²) in [6.45, 7) is 4.71. The number of amides is 1. The molecule has 1 aromatic rings. The summed E-state index contributed by atoms with van der Waals surface area (Å²) in [5.41, 5.74) is 8.78. The maximum atomic E-state index is 11.7. The Labute approximate surface area is 109 Å². The molecule has 1 aromatic carbocycles. The number of nitrogens with two attached hydrogens (primary N) is 1. The fraction of sp³-hybridized carbons (Fsp3) is 0.500. The molecule has 18 heavy (non-hydrogen) atoms. The lowest BCUT2D eigenvalue weighted by Gasteiger charge is -2.13. The van der Waals surface area contributed by atoms with Gasteiger partial charge >= 0.3 is 0 Å². The van der Waals surface area contributed by atoms with Crippen molar-refractivity contribution in [1.82, 2.24) is 4.90 Å². The van der Waals surface area contributed by atoms with Crippen LogP contribution < -0.4 is 11.1 Å². The highest BCUT2D eigenvalue weighted by atomic mass is 16.1. The average molecular weight is 249 g/mol. The van der Waals surface area contributed by atoms with Crippen LogP contribution in [0.1, 0.15) is 24.5 Å². The first-order valence-electron chi connectivity index (χ1n) is 6.17. The zero-order valence-corrected chi connectivity index (χ0v) is 11.7. The van der Waals surface area contributed by atoms with Crippen LogP contribution in [0, 0.1) is 6.92 Å². The Balaban J connectivity index is 2.76. The molecule has 0 aliphatic rings. The van der Waals surface area contributed by atoms with Crippen LogP contribution in [0.5, 0.6) is 0 Å². The number of carbonyl (C=O) groups excluding carboxylic acids is 1. The highest BCUT2D eigenvalue weighted by molar-refractivity contribution is 5.91. The normalized spacial score (nSPS) is 12.6. The van der Waals surface area contributed by atoms with E-state index in [0.717, 1.165) is 17.8 Å². The SMILES string of the molecule is Cc1cc(CN(C)C)cc(NC(=O)CC(C)N)c1. The summed E-state index contributed by atoms with van der Waals surface area (Å²) in [4.78, 5) is 13.8. The smallest absolute Gasteiger partial charge is 0.225 e. The molecule has 4 nitrogen and oxygen atoms in total. The molecule has 4 heteroatoms. The standard InChI is InChI=1S/C14H23N3O/c1-10-5-12(9-17(3)4)8-13(6-10)16-14(18)7-11(2)15/h5-6,8,11H,7,9,15H2,1-4H3,(H,16,18). The molecule has 0 saturated carbocycles. The third kappa shape index (κ3) is 5.29. The quantitative estimate of drug-likeness (QED) is 0.835. The summed E-state index contributed by atoms with van der Waals surface area (Å²) in [7, 11) is 4.05. The van der Waals surface area contributed by atoms with Crippen LogP contribution in [0.2, 0.25) is 0 Å². The van der Waals surface area contributed by atoms with Crippen molar-refractivity contribution in [1.29, 1.82) is 0 Å². The number of hydrogen-bond acceptors (Lipinski definition) is 3. The molecule has 0 heterocycles. The van der Waals surface area contributed by atoms with Gasteiger partial charge in [-0.3, -0.25) is 4.79 Å². The van der Waals surface area contributed by atoms with Crippen molar-refractivity contribution in [3.63, 3.8) is 0 Å². The third-order valence-corrected chi connectivity index (χ3v) is 2.43. The summed E-state index contributed by atoms with van der Waals surface area (Å²) in [6.07, 6.45) is 0.344. The summed E-state index contributed by atoms with van der Waals surface area (Å²) in [5, 5.41) is 2.89. The second kappa shape index (κ2) is 6.52. The van der Waals surface area contributed by atoms with Gasteiger partial charge in [-0.1, -0.05) is 6.07 Å². The van der Waals surface area contributed by atoms with Gasteiger partial charge in [0.1, 0.15) is 0 Å². The fourth-order valence-corrected chi connectivity index (χ4v) is 1.90. The van der Waals surface area contributed by atoms with E-state index in [-0.39, 0.29) is 11.9 Å². The molecule has 100 valence electrons. The minimum atomic E-state index is -0.115. The molecule has 0 fully saturated rings. The Kier molecular flexibility index (Phi) is 5.31. The van der Waals surface area contributed by atoms with Gasteiger partial charge in [0.25, 0.3) is 0 Å². The lowest BCUT2D eigenvalue weighted by molar-refractivity contribution is -0.116. The van der Waals surface area contributed by atoms with Crippen molar-refractivity contribution in [3.05, 3.63) is 29.3 Å². The lowest BCUT2D eigenvalue weighted by Crippen LogP contribution is -2.24. The molecule has 0 spiro atoms. The van der Waals surface area contributed by atoms with E-state index in [1.165, 1.54) is 5.56 Å². The topological polar surface area (TPSA) is 58.4 Å². The minimum Gasteiger partial charge on any atom is -0.327 e. The van der Waals surface area contributed by atoms with Gasteiger partial charge in [0.05, 0.1) is 0 Å². The summed E-state index contributed by atoms with van der Waals surface area (Å²) < 4.78 is 0. The van der Waals surface area contributed by atoms with Crippen LogP contribution in [0.3, 0.4) is 0 Å². The number of anilines is 1. The van der Waals surface area contributed by atoms with E-state index in [2.05, 4.69) is 16.3 Å². The van der Waals surface area contributed by atoms with E-state index in [9.17, 15) is 4.79 Å². The molecule has 0 saturated heterocycles. The maximum absolute atomic E-state index is 11.7. The minimum absolute atomic E-state index is 0.0357. The average Bonchev–Trinajstić information content (AvgIpc) is 2.12. The Bertz CT molecular complexity index is 414. The lowest BCUT2D eigenvalue weighted by atomic mass is 10.1. The Hall–Kier alpha value is -1.39. The van der Waals surface area contributed by atoms with E-state index in [1.54, 1.807) is 0 Å². The van der Waals surface area contributed by atoms with E-state index in [1.807, 2.05) is 40.1 Å². The van der Waals surface area contributed by atoms with Gasteiger partial charge < -0.3 is 16.0 Å². The number of nitrogens with one attached hydrogen (secondary N) is 1. The Morgan fingerprint density at radius 3 is 2.61 bits per heavy atom. The van der Waals surface area contributed by atoms with Crippen molar-refractivity contribution in [2.75, 3.05) is 19.4 Å². The van der Waals surface area contributed by atoms with Crippen molar-refractivity contribution >= 4 is 11.6 Å². The monoisotopic (exact) mass is 249 g/mol. The molecule has 1 unspecified atom stereocenters.